The largest absolute Gasteiger partial charge is 0.416 e. The van der Waals surface area contributed by atoms with Gasteiger partial charge in [0, 0.05) is 23.5 Å². The lowest BCUT2D eigenvalue weighted by atomic mass is 10.0. The molecule has 2 atom stereocenters. The van der Waals surface area contributed by atoms with Gasteiger partial charge in [-0.15, -0.1) is 0 Å². The summed E-state index contributed by atoms with van der Waals surface area (Å²) in [5, 5.41) is 4.64. The number of carbonyl (C=O) groups is 2. The van der Waals surface area contributed by atoms with Crippen LogP contribution in [-0.4, -0.2) is 62.6 Å². The number of alkyl halides is 4. The smallest absolute Gasteiger partial charge is 0.301 e. The van der Waals surface area contributed by atoms with Crippen molar-refractivity contribution in [1.29, 1.82) is 0 Å². The summed E-state index contributed by atoms with van der Waals surface area (Å²) in [4.78, 5) is 29.0. The van der Waals surface area contributed by atoms with E-state index in [4.69, 9.17) is 11.6 Å². The van der Waals surface area contributed by atoms with Crippen molar-refractivity contribution in [3.05, 3.63) is 68.7 Å². The Morgan fingerprint density at radius 2 is 1.95 bits per heavy atom. The second kappa shape index (κ2) is 10.6. The van der Waals surface area contributed by atoms with Crippen LogP contribution in [0.2, 0.25) is 5.02 Å². The summed E-state index contributed by atoms with van der Waals surface area (Å²) in [6.07, 6.45) is -3.91. The number of benzene rings is 2. The number of carbonyl (C=O) groups excluding carboxylic acids is 2. The van der Waals surface area contributed by atoms with Crippen LogP contribution in [0.25, 0.3) is 17.0 Å². The molecule has 0 unspecified atom stereocenters. The summed E-state index contributed by atoms with van der Waals surface area (Å²) in [6, 6.07) is 8.06. The molecule has 2 aliphatic rings. The molecule has 0 radical (unpaired) electrons. The van der Waals surface area contributed by atoms with Crippen LogP contribution in [0.4, 0.5) is 22.4 Å². The minimum Gasteiger partial charge on any atom is -0.301 e. The molecular weight excluding hydrogens is 556 g/mol. The summed E-state index contributed by atoms with van der Waals surface area (Å²) in [6.45, 7) is 5.07. The van der Waals surface area contributed by atoms with Crippen LogP contribution in [-0.2, 0) is 17.5 Å². The van der Waals surface area contributed by atoms with Gasteiger partial charge in [0.2, 0.25) is 0 Å². The van der Waals surface area contributed by atoms with E-state index in [1.54, 1.807) is 31.2 Å². The molecule has 5 rings (SSSR count). The molecule has 12 heteroatoms. The highest BCUT2D eigenvalue weighted by Gasteiger charge is 2.44. The molecule has 3 heterocycles. The normalized spacial score (nSPS) is 22.0. The SMILES string of the molecule is CCN1CC[C@H](N2C(=O)SC(=Cc3ccc4c(c3)c(C)nn4Cc3ccc(Cl)cc3C(F)(F)F)C2=O)[C@@H](F)C1. The van der Waals surface area contributed by atoms with E-state index < -0.39 is 35.1 Å². The molecule has 2 amide bonds. The Morgan fingerprint density at radius 1 is 1.18 bits per heavy atom. The van der Waals surface area contributed by atoms with Crippen LogP contribution < -0.4 is 0 Å². The lowest BCUT2D eigenvalue weighted by Crippen LogP contribution is -2.53. The fourth-order valence-corrected chi connectivity index (χ4v) is 6.19. The van der Waals surface area contributed by atoms with Crippen molar-refractivity contribution in [1.82, 2.24) is 19.6 Å². The van der Waals surface area contributed by atoms with Crippen molar-refractivity contribution in [2.45, 2.75) is 45.2 Å². The number of aromatic nitrogens is 2. The number of hydrogen-bond donors (Lipinski definition) is 0. The highest BCUT2D eigenvalue weighted by molar-refractivity contribution is 8.18. The molecule has 6 nitrogen and oxygen atoms in total. The standard InChI is InChI=1S/C27H25ClF4N4O2S/c1-3-34-9-8-23(21(29)14-34)36-25(37)24(39-26(36)38)11-16-4-7-22-19(10-16)15(2)33-35(22)13-17-5-6-18(28)12-20(17)27(30,31)32/h4-7,10-12,21,23H,3,8-9,13-14H2,1-2H3/t21-,23-/m0/s1. The van der Waals surface area contributed by atoms with Gasteiger partial charge in [-0.1, -0.05) is 30.7 Å². The molecular formula is C27H25ClF4N4O2S. The summed E-state index contributed by atoms with van der Waals surface area (Å²) in [5.41, 5.74) is 1.04. The Morgan fingerprint density at radius 3 is 2.64 bits per heavy atom. The number of thioether (sulfide) groups is 1. The second-order valence-corrected chi connectivity index (χ2v) is 11.1. The van der Waals surface area contributed by atoms with Crippen molar-refractivity contribution >= 4 is 51.5 Å². The van der Waals surface area contributed by atoms with Crippen molar-refractivity contribution in [3.8, 4) is 0 Å². The first kappa shape index (κ1) is 27.7. The third kappa shape index (κ3) is 5.44. The maximum absolute atomic E-state index is 14.8. The van der Waals surface area contributed by atoms with Crippen molar-refractivity contribution in [3.63, 3.8) is 0 Å². The van der Waals surface area contributed by atoms with Crippen molar-refractivity contribution in [2.75, 3.05) is 19.6 Å². The van der Waals surface area contributed by atoms with Crippen LogP contribution in [0.15, 0.2) is 41.3 Å². The molecule has 2 fully saturated rings. The molecule has 0 bridgehead atoms. The van der Waals surface area contributed by atoms with Gasteiger partial charge in [-0.2, -0.15) is 18.3 Å². The molecule has 2 aliphatic heterocycles. The van der Waals surface area contributed by atoms with Gasteiger partial charge in [-0.05, 0) is 73.1 Å². The summed E-state index contributed by atoms with van der Waals surface area (Å²) in [5.74, 6) is -0.516. The van der Waals surface area contributed by atoms with Gasteiger partial charge in [0.05, 0.1) is 34.3 Å². The van der Waals surface area contributed by atoms with Crippen molar-refractivity contribution in [2.24, 2.45) is 0 Å². The number of rotatable bonds is 5. The minimum atomic E-state index is -4.57. The molecule has 206 valence electrons. The molecule has 2 aromatic carbocycles. The maximum atomic E-state index is 14.8. The molecule has 3 aromatic rings. The van der Waals surface area contributed by atoms with E-state index in [9.17, 15) is 27.2 Å². The van der Waals surface area contributed by atoms with Crippen LogP contribution >= 0.6 is 23.4 Å². The Bertz CT molecular complexity index is 1490. The minimum absolute atomic E-state index is 0.00455. The molecule has 1 aromatic heterocycles. The molecule has 0 spiro atoms. The molecule has 0 N–H and O–H groups in total. The number of halogens is 5. The van der Waals surface area contributed by atoms with Gasteiger partial charge < -0.3 is 4.90 Å². The lowest BCUT2D eigenvalue weighted by molar-refractivity contribution is -0.138. The van der Waals surface area contributed by atoms with Gasteiger partial charge >= 0.3 is 6.18 Å². The second-order valence-electron chi connectivity index (χ2n) is 9.64. The number of aryl methyl sites for hydroxylation is 1. The summed E-state index contributed by atoms with van der Waals surface area (Å²) < 4.78 is 57.1. The monoisotopic (exact) mass is 580 g/mol. The number of fused-ring (bicyclic) bond motifs is 1. The fourth-order valence-electron chi connectivity index (χ4n) is 5.13. The quantitative estimate of drug-likeness (QED) is 0.254. The molecule has 0 aliphatic carbocycles. The molecule has 0 saturated carbocycles. The van der Waals surface area contributed by atoms with Crippen LogP contribution in [0.5, 0.6) is 0 Å². The van der Waals surface area contributed by atoms with Crippen LogP contribution in [0.3, 0.4) is 0 Å². The Kier molecular flexibility index (Phi) is 7.51. The molecule has 39 heavy (non-hydrogen) atoms. The number of imide groups is 1. The fraction of sp³-hybridized carbons (Fsp3) is 0.370. The van der Waals surface area contributed by atoms with Gasteiger partial charge in [-0.3, -0.25) is 19.2 Å². The number of amides is 2. The average Bonchev–Trinajstić information content (AvgIpc) is 3.33. The van der Waals surface area contributed by atoms with E-state index in [1.165, 1.54) is 16.8 Å². The Hall–Kier alpha value is -2.89. The predicted molar refractivity (Wildman–Crippen MR) is 143 cm³/mol. The first-order valence-electron chi connectivity index (χ1n) is 12.4. The summed E-state index contributed by atoms with van der Waals surface area (Å²) in [7, 11) is 0. The van der Waals surface area contributed by atoms with Crippen molar-refractivity contribution < 1.29 is 27.2 Å². The Labute approximate surface area is 231 Å². The third-order valence-electron chi connectivity index (χ3n) is 7.15. The predicted octanol–water partition coefficient (Wildman–Crippen LogP) is 6.53. The number of hydrogen-bond acceptors (Lipinski definition) is 5. The van der Waals surface area contributed by atoms with E-state index in [1.807, 2.05) is 11.8 Å². The van der Waals surface area contributed by atoms with Crippen LogP contribution in [0, 0.1) is 6.92 Å². The number of likely N-dealkylation sites (tertiary alicyclic amines) is 1. The zero-order valence-electron chi connectivity index (χ0n) is 21.1. The van der Waals surface area contributed by atoms with E-state index in [0.717, 1.165) is 22.7 Å². The van der Waals surface area contributed by atoms with Gasteiger partial charge in [-0.25, -0.2) is 4.39 Å². The van der Waals surface area contributed by atoms with Gasteiger partial charge in [0.25, 0.3) is 11.1 Å². The topological polar surface area (TPSA) is 58.4 Å². The average molecular weight is 581 g/mol. The highest BCUT2D eigenvalue weighted by Crippen LogP contribution is 2.37. The first-order chi connectivity index (χ1) is 18.5. The lowest BCUT2D eigenvalue weighted by Gasteiger charge is -2.37. The zero-order chi connectivity index (χ0) is 28.1. The Balaban J connectivity index is 1.41. The maximum Gasteiger partial charge on any atom is 0.416 e. The van der Waals surface area contributed by atoms with E-state index in [0.29, 0.717) is 41.7 Å². The molecule has 2 saturated heterocycles. The van der Waals surface area contributed by atoms with E-state index >= 15 is 0 Å². The van der Waals surface area contributed by atoms with E-state index in [2.05, 4.69) is 5.10 Å². The number of nitrogens with zero attached hydrogens (tertiary/aromatic N) is 4. The van der Waals surface area contributed by atoms with Gasteiger partial charge in [0.15, 0.2) is 0 Å². The number of piperidine rings is 1. The highest BCUT2D eigenvalue weighted by atomic mass is 35.5. The zero-order valence-corrected chi connectivity index (χ0v) is 22.7. The van der Waals surface area contributed by atoms with Gasteiger partial charge in [0.1, 0.15) is 6.17 Å². The van der Waals surface area contributed by atoms with Crippen LogP contribution in [0.1, 0.15) is 35.7 Å². The first-order valence-corrected chi connectivity index (χ1v) is 13.6. The van der Waals surface area contributed by atoms with E-state index in [-0.39, 0.29) is 28.6 Å². The summed E-state index contributed by atoms with van der Waals surface area (Å²) >= 11 is 6.59. The third-order valence-corrected chi connectivity index (χ3v) is 8.27.